The molecule has 14 heavy (non-hydrogen) atoms. The fourth-order valence-electron chi connectivity index (χ4n) is 1.31. The molecule has 1 aliphatic heterocycles. The van der Waals surface area contributed by atoms with Crippen LogP contribution in [-0.4, -0.2) is 41.8 Å². The van der Waals surface area contributed by atoms with Crippen LogP contribution >= 0.6 is 0 Å². The summed E-state index contributed by atoms with van der Waals surface area (Å²) >= 11 is 0. The van der Waals surface area contributed by atoms with Gasteiger partial charge in [0.15, 0.2) is 9.76 Å². The molecule has 0 radical (unpaired) electrons. The molecule has 0 aromatic rings. The highest BCUT2D eigenvalue weighted by Gasteiger charge is 2.21. The van der Waals surface area contributed by atoms with E-state index in [0.717, 1.165) is 38.7 Å². The first-order valence-electron chi connectivity index (χ1n) is 5.67. The average Bonchev–Trinajstić information content (AvgIpc) is 3.01. The van der Waals surface area contributed by atoms with Gasteiger partial charge < -0.3 is 13.9 Å². The number of epoxide rings is 1. The van der Waals surface area contributed by atoms with Crippen LogP contribution in [0.4, 0.5) is 0 Å². The molecule has 1 unspecified atom stereocenters. The number of rotatable bonds is 9. The van der Waals surface area contributed by atoms with Gasteiger partial charge in [0.05, 0.1) is 13.2 Å². The van der Waals surface area contributed by atoms with E-state index in [1.807, 2.05) is 0 Å². The van der Waals surface area contributed by atoms with Crippen LogP contribution in [0.2, 0.25) is 6.04 Å². The molecule has 0 spiro atoms. The standard InChI is InChI=1S/C10H22O3Si/c1-3-9(4-2)13-14-6-5-11-7-10-8-12-10/h9-10H,3-8,14H2,1-2H3. The minimum absolute atomic E-state index is 0.348. The summed E-state index contributed by atoms with van der Waals surface area (Å²) in [6.45, 7) is 6.89. The largest absolute Gasteiger partial charge is 0.421 e. The quantitative estimate of drug-likeness (QED) is 0.330. The number of ether oxygens (including phenoxy) is 2. The van der Waals surface area contributed by atoms with Crippen LogP contribution in [0.5, 0.6) is 0 Å². The summed E-state index contributed by atoms with van der Waals surface area (Å²) in [6, 6.07) is 1.13. The zero-order chi connectivity index (χ0) is 10.2. The first-order chi connectivity index (χ1) is 6.86. The van der Waals surface area contributed by atoms with Gasteiger partial charge in [0.2, 0.25) is 0 Å². The zero-order valence-corrected chi connectivity index (χ0v) is 10.7. The Morgan fingerprint density at radius 1 is 1.43 bits per heavy atom. The van der Waals surface area contributed by atoms with Crippen molar-refractivity contribution in [3.05, 3.63) is 0 Å². The van der Waals surface area contributed by atoms with Crippen molar-refractivity contribution in [1.29, 1.82) is 0 Å². The van der Waals surface area contributed by atoms with Crippen molar-refractivity contribution in [1.82, 2.24) is 0 Å². The van der Waals surface area contributed by atoms with E-state index in [9.17, 15) is 0 Å². The molecule has 0 aliphatic carbocycles. The highest BCUT2D eigenvalue weighted by Crippen LogP contribution is 2.08. The third-order valence-corrected chi connectivity index (χ3v) is 3.69. The Labute approximate surface area is 89.1 Å². The van der Waals surface area contributed by atoms with Gasteiger partial charge in [0.1, 0.15) is 6.10 Å². The molecule has 0 N–H and O–H groups in total. The minimum Gasteiger partial charge on any atom is -0.421 e. The monoisotopic (exact) mass is 218 g/mol. The van der Waals surface area contributed by atoms with E-state index in [4.69, 9.17) is 13.9 Å². The smallest absolute Gasteiger partial charge is 0.164 e. The van der Waals surface area contributed by atoms with Gasteiger partial charge in [0, 0.05) is 12.7 Å². The lowest BCUT2D eigenvalue weighted by molar-refractivity contribution is 0.124. The maximum absolute atomic E-state index is 5.79. The first kappa shape index (κ1) is 12.2. The van der Waals surface area contributed by atoms with Crippen molar-refractivity contribution in [2.45, 2.75) is 44.9 Å². The lowest BCUT2D eigenvalue weighted by Crippen LogP contribution is -2.15. The molecule has 1 aliphatic rings. The topological polar surface area (TPSA) is 31.0 Å². The van der Waals surface area contributed by atoms with Gasteiger partial charge in [-0.15, -0.1) is 0 Å². The Balaban J connectivity index is 1.78. The van der Waals surface area contributed by atoms with Gasteiger partial charge in [-0.2, -0.15) is 0 Å². The number of hydrogen-bond donors (Lipinski definition) is 0. The Kier molecular flexibility index (Phi) is 6.43. The molecule has 0 aromatic heterocycles. The van der Waals surface area contributed by atoms with Crippen LogP contribution in [0.1, 0.15) is 26.7 Å². The second kappa shape index (κ2) is 7.40. The summed E-state index contributed by atoms with van der Waals surface area (Å²) in [6.07, 6.45) is 3.17. The molecule has 0 bridgehead atoms. The molecule has 1 rings (SSSR count). The SMILES string of the molecule is CCC(CC)O[SiH2]CCOCC1CO1. The molecule has 84 valence electrons. The van der Waals surface area contributed by atoms with Gasteiger partial charge in [0.25, 0.3) is 0 Å². The van der Waals surface area contributed by atoms with E-state index in [1.165, 1.54) is 0 Å². The molecule has 0 saturated carbocycles. The van der Waals surface area contributed by atoms with E-state index in [1.54, 1.807) is 0 Å². The van der Waals surface area contributed by atoms with Crippen LogP contribution in [0, 0.1) is 0 Å². The van der Waals surface area contributed by atoms with Gasteiger partial charge >= 0.3 is 0 Å². The molecular formula is C10H22O3Si. The van der Waals surface area contributed by atoms with Crippen molar-refractivity contribution >= 4 is 9.76 Å². The molecule has 0 amide bonds. The Morgan fingerprint density at radius 3 is 2.71 bits per heavy atom. The molecule has 1 atom stereocenters. The normalized spacial score (nSPS) is 21.2. The van der Waals surface area contributed by atoms with Crippen molar-refractivity contribution in [2.24, 2.45) is 0 Å². The molecule has 1 saturated heterocycles. The van der Waals surface area contributed by atoms with E-state index >= 15 is 0 Å². The van der Waals surface area contributed by atoms with Crippen molar-refractivity contribution in [3.8, 4) is 0 Å². The molecule has 4 heteroatoms. The van der Waals surface area contributed by atoms with Gasteiger partial charge in [-0.1, -0.05) is 13.8 Å². The molecule has 3 nitrogen and oxygen atoms in total. The maximum Gasteiger partial charge on any atom is 0.164 e. The summed E-state index contributed by atoms with van der Waals surface area (Å²) in [5.74, 6) is 0. The molecular weight excluding hydrogens is 196 g/mol. The van der Waals surface area contributed by atoms with E-state index in [2.05, 4.69) is 13.8 Å². The van der Waals surface area contributed by atoms with E-state index in [-0.39, 0.29) is 9.76 Å². The van der Waals surface area contributed by atoms with Crippen molar-refractivity contribution in [2.75, 3.05) is 19.8 Å². The lowest BCUT2D eigenvalue weighted by Gasteiger charge is -2.13. The van der Waals surface area contributed by atoms with Crippen LogP contribution < -0.4 is 0 Å². The molecule has 1 heterocycles. The number of hydrogen-bond acceptors (Lipinski definition) is 3. The van der Waals surface area contributed by atoms with Gasteiger partial charge in [-0.3, -0.25) is 0 Å². The summed E-state index contributed by atoms with van der Waals surface area (Å²) in [7, 11) is -0.348. The van der Waals surface area contributed by atoms with Crippen LogP contribution in [0.25, 0.3) is 0 Å². The molecule has 1 fully saturated rings. The summed E-state index contributed by atoms with van der Waals surface area (Å²) in [5.41, 5.74) is 0. The first-order valence-corrected chi connectivity index (χ1v) is 7.25. The van der Waals surface area contributed by atoms with Crippen molar-refractivity contribution < 1.29 is 13.9 Å². The van der Waals surface area contributed by atoms with E-state index in [0.29, 0.717) is 12.2 Å². The second-order valence-electron chi connectivity index (χ2n) is 3.69. The maximum atomic E-state index is 5.79. The summed E-state index contributed by atoms with van der Waals surface area (Å²) in [5, 5.41) is 0. The van der Waals surface area contributed by atoms with Gasteiger partial charge in [-0.25, -0.2) is 0 Å². The lowest BCUT2D eigenvalue weighted by atomic mass is 10.2. The predicted octanol–water partition coefficient (Wildman–Crippen LogP) is 1.11. The Bertz CT molecular complexity index is 135. The van der Waals surface area contributed by atoms with Crippen LogP contribution in [0.15, 0.2) is 0 Å². The average molecular weight is 218 g/mol. The second-order valence-corrected chi connectivity index (χ2v) is 5.14. The molecule has 0 aromatic carbocycles. The van der Waals surface area contributed by atoms with Crippen molar-refractivity contribution in [3.63, 3.8) is 0 Å². The Hall–Kier alpha value is 0.0969. The summed E-state index contributed by atoms with van der Waals surface area (Å²) in [4.78, 5) is 0. The highest BCUT2D eigenvalue weighted by atomic mass is 28.2. The fourth-order valence-corrected chi connectivity index (χ4v) is 2.61. The predicted molar refractivity (Wildman–Crippen MR) is 59.4 cm³/mol. The van der Waals surface area contributed by atoms with Crippen LogP contribution in [0.3, 0.4) is 0 Å². The van der Waals surface area contributed by atoms with Gasteiger partial charge in [-0.05, 0) is 18.9 Å². The summed E-state index contributed by atoms with van der Waals surface area (Å²) < 4.78 is 16.3. The zero-order valence-electron chi connectivity index (χ0n) is 9.33. The van der Waals surface area contributed by atoms with E-state index < -0.39 is 0 Å². The minimum atomic E-state index is -0.348. The Morgan fingerprint density at radius 2 is 2.14 bits per heavy atom. The fraction of sp³-hybridized carbons (Fsp3) is 1.00. The third kappa shape index (κ3) is 5.75. The highest BCUT2D eigenvalue weighted by molar-refractivity contribution is 6.27. The third-order valence-electron chi connectivity index (χ3n) is 2.40. The van der Waals surface area contributed by atoms with Crippen LogP contribution in [-0.2, 0) is 13.9 Å².